The van der Waals surface area contributed by atoms with Crippen LogP contribution in [-0.2, 0) is 9.53 Å². The largest absolute Gasteiger partial charge is 0.468 e. The van der Waals surface area contributed by atoms with Crippen LogP contribution in [0.5, 0.6) is 0 Å². The van der Waals surface area contributed by atoms with Crippen LogP contribution in [0.4, 0.5) is 5.69 Å². The van der Waals surface area contributed by atoms with Crippen molar-refractivity contribution >= 4 is 22.9 Å². The number of allylic oxidation sites excluding steroid dienone is 1. The maximum absolute atomic E-state index is 13.0. The van der Waals surface area contributed by atoms with E-state index < -0.39 is 5.41 Å². The monoisotopic (exact) mass is 364 g/mol. The smallest absolute Gasteiger partial charge is 0.317 e. The molecule has 4 heteroatoms. The van der Waals surface area contributed by atoms with Gasteiger partial charge in [0.05, 0.1) is 18.5 Å². The number of hydrogen-bond acceptors (Lipinski definition) is 4. The lowest BCUT2D eigenvalue weighted by molar-refractivity contribution is -0.148. The van der Waals surface area contributed by atoms with Crippen LogP contribution < -0.4 is 0 Å². The molecule has 1 aromatic rings. The van der Waals surface area contributed by atoms with E-state index >= 15 is 0 Å². The van der Waals surface area contributed by atoms with E-state index in [1.807, 2.05) is 25.1 Å². The van der Waals surface area contributed by atoms with Gasteiger partial charge in [0.25, 0.3) is 0 Å². The number of hydrogen-bond donors (Lipinski definition) is 0. The zero-order valence-electron chi connectivity index (χ0n) is 16.4. The quantitative estimate of drug-likeness (QED) is 0.582. The van der Waals surface area contributed by atoms with Gasteiger partial charge in [-0.05, 0) is 44.6 Å². The molecule has 0 aromatic heterocycles. The Labute approximate surface area is 161 Å². The zero-order valence-corrected chi connectivity index (χ0v) is 16.4. The van der Waals surface area contributed by atoms with E-state index in [-0.39, 0.29) is 5.97 Å². The molecule has 0 spiro atoms. The van der Waals surface area contributed by atoms with Gasteiger partial charge in [0.1, 0.15) is 5.41 Å². The number of methoxy groups -OCH3 is 1. The summed E-state index contributed by atoms with van der Waals surface area (Å²) in [6, 6.07) is 8.62. The summed E-state index contributed by atoms with van der Waals surface area (Å²) >= 11 is 0. The molecule has 4 rings (SSSR count). The molecule has 3 heterocycles. The van der Waals surface area contributed by atoms with Crippen molar-refractivity contribution in [3.63, 3.8) is 0 Å². The van der Waals surface area contributed by atoms with Crippen LogP contribution in [0.3, 0.4) is 0 Å². The van der Waals surface area contributed by atoms with E-state index in [0.29, 0.717) is 17.9 Å². The van der Waals surface area contributed by atoms with Crippen molar-refractivity contribution in [3.05, 3.63) is 48.6 Å². The lowest BCUT2D eigenvalue weighted by atomic mass is 9.71. The van der Waals surface area contributed by atoms with Gasteiger partial charge in [0.2, 0.25) is 0 Å². The van der Waals surface area contributed by atoms with Gasteiger partial charge in [-0.2, -0.15) is 0 Å². The van der Waals surface area contributed by atoms with Crippen LogP contribution in [0, 0.1) is 17.3 Å². The minimum absolute atomic E-state index is 0.192. The zero-order chi connectivity index (χ0) is 19.2. The molecule has 0 aliphatic carbocycles. The fourth-order valence-corrected chi connectivity index (χ4v) is 5.13. The summed E-state index contributed by atoms with van der Waals surface area (Å²) < 4.78 is 5.27. The molecular formula is C23H28N2O2. The molecule has 0 N–H and O–H groups in total. The van der Waals surface area contributed by atoms with Crippen molar-refractivity contribution in [3.8, 4) is 0 Å². The number of para-hydroxylation sites is 1. The third-order valence-electron chi connectivity index (χ3n) is 6.66. The first-order valence-electron chi connectivity index (χ1n) is 9.82. The number of carbonyl (C=O) groups excluding carboxylic acids is 1. The molecule has 0 amide bonds. The first-order chi connectivity index (χ1) is 13.0. The fourth-order valence-electron chi connectivity index (χ4n) is 5.13. The number of nitrogens with zero attached hydrogens (tertiary/aromatic N) is 2. The Hall–Kier alpha value is -2.20. The van der Waals surface area contributed by atoms with E-state index in [1.54, 1.807) is 0 Å². The van der Waals surface area contributed by atoms with Crippen molar-refractivity contribution in [2.75, 3.05) is 20.2 Å². The highest BCUT2D eigenvalue weighted by Crippen LogP contribution is 2.46. The molecule has 4 nitrogen and oxygen atoms in total. The Balaban J connectivity index is 1.85. The van der Waals surface area contributed by atoms with Crippen LogP contribution in [0.2, 0.25) is 0 Å². The average molecular weight is 364 g/mol. The second kappa shape index (κ2) is 6.75. The average Bonchev–Trinajstić information content (AvgIpc) is 3.07. The summed E-state index contributed by atoms with van der Waals surface area (Å²) in [6.07, 6.45) is 6.15. The number of aliphatic imine (C=N–C) groups is 1. The van der Waals surface area contributed by atoms with E-state index in [0.717, 1.165) is 48.5 Å². The number of esters is 1. The molecule has 0 radical (unpaired) electrons. The molecule has 3 aliphatic heterocycles. The molecule has 5 atom stereocenters. The molecule has 0 saturated carbocycles. The second-order valence-electron chi connectivity index (χ2n) is 8.32. The SMILES string of the molecule is C=CC1CC2CN(C/C=C3\C(=Nc4ccccc43)[C@](C)(C(=O)OC)C2)C1C. The lowest BCUT2D eigenvalue weighted by Gasteiger charge is -2.43. The van der Waals surface area contributed by atoms with E-state index in [2.05, 4.69) is 36.6 Å². The van der Waals surface area contributed by atoms with Gasteiger partial charge in [0.15, 0.2) is 0 Å². The Morgan fingerprint density at radius 3 is 2.93 bits per heavy atom. The number of carbonyl (C=O) groups is 1. The molecule has 1 aromatic carbocycles. The highest BCUT2D eigenvalue weighted by molar-refractivity contribution is 6.35. The first kappa shape index (κ1) is 18.2. The maximum Gasteiger partial charge on any atom is 0.317 e. The third-order valence-corrected chi connectivity index (χ3v) is 6.66. The van der Waals surface area contributed by atoms with Crippen LogP contribution >= 0.6 is 0 Å². The minimum Gasteiger partial charge on any atom is -0.468 e. The standard InChI is InChI=1S/C23H28N2O2/c1-5-17-12-16-13-23(3,22(26)27-4)21-19(10-11-25(14-16)15(17)2)18-8-6-7-9-20(18)24-21/h5-10,15-17H,1,11-14H2,2-4H3/b19-10-/t15?,16?,17?,23-/m1/s1. The van der Waals surface area contributed by atoms with Gasteiger partial charge < -0.3 is 4.74 Å². The second-order valence-corrected chi connectivity index (χ2v) is 8.32. The third kappa shape index (κ3) is 2.87. The summed E-state index contributed by atoms with van der Waals surface area (Å²) in [4.78, 5) is 20.4. The summed E-state index contributed by atoms with van der Waals surface area (Å²) in [5, 5.41) is 0. The van der Waals surface area contributed by atoms with E-state index in [9.17, 15) is 4.79 Å². The number of fused-ring (bicyclic) bond motifs is 5. The van der Waals surface area contributed by atoms with Crippen molar-refractivity contribution < 1.29 is 9.53 Å². The molecule has 27 heavy (non-hydrogen) atoms. The molecular weight excluding hydrogens is 336 g/mol. The summed E-state index contributed by atoms with van der Waals surface area (Å²) in [5.41, 5.74) is 3.28. The number of ether oxygens (including phenoxy) is 1. The topological polar surface area (TPSA) is 41.9 Å². The van der Waals surface area contributed by atoms with Gasteiger partial charge in [-0.25, -0.2) is 0 Å². The Morgan fingerprint density at radius 2 is 2.19 bits per heavy atom. The molecule has 1 saturated heterocycles. The van der Waals surface area contributed by atoms with E-state index in [4.69, 9.17) is 9.73 Å². The van der Waals surface area contributed by atoms with Crippen molar-refractivity contribution in [1.29, 1.82) is 0 Å². The highest BCUT2D eigenvalue weighted by atomic mass is 16.5. The van der Waals surface area contributed by atoms with Crippen molar-refractivity contribution in [1.82, 2.24) is 4.90 Å². The fraction of sp³-hybridized carbons (Fsp3) is 0.478. The predicted molar refractivity (Wildman–Crippen MR) is 109 cm³/mol. The predicted octanol–water partition coefficient (Wildman–Crippen LogP) is 4.25. The summed E-state index contributed by atoms with van der Waals surface area (Å²) in [5.74, 6) is 0.658. The van der Waals surface area contributed by atoms with Gasteiger partial charge in [-0.15, -0.1) is 6.58 Å². The van der Waals surface area contributed by atoms with Crippen LogP contribution in [0.1, 0.15) is 32.3 Å². The Kier molecular flexibility index (Phi) is 4.55. The summed E-state index contributed by atoms with van der Waals surface area (Å²) in [6.45, 7) is 10.2. The van der Waals surface area contributed by atoms with Gasteiger partial charge in [-0.1, -0.05) is 30.4 Å². The molecule has 4 unspecified atom stereocenters. The van der Waals surface area contributed by atoms with Crippen LogP contribution in [-0.4, -0.2) is 42.8 Å². The van der Waals surface area contributed by atoms with Crippen molar-refractivity contribution in [2.45, 2.75) is 32.7 Å². The lowest BCUT2D eigenvalue weighted by Crippen LogP contribution is -2.48. The summed E-state index contributed by atoms with van der Waals surface area (Å²) in [7, 11) is 1.48. The molecule has 2 bridgehead atoms. The maximum atomic E-state index is 13.0. The Morgan fingerprint density at radius 1 is 1.41 bits per heavy atom. The highest BCUT2D eigenvalue weighted by Gasteiger charge is 2.47. The molecule has 3 aliphatic rings. The van der Waals surface area contributed by atoms with E-state index in [1.165, 1.54) is 7.11 Å². The number of benzene rings is 1. The molecule has 1 fully saturated rings. The minimum atomic E-state index is -0.743. The number of piperidine rings is 1. The van der Waals surface area contributed by atoms with Gasteiger partial charge >= 0.3 is 5.97 Å². The van der Waals surface area contributed by atoms with Crippen molar-refractivity contribution in [2.24, 2.45) is 22.2 Å². The van der Waals surface area contributed by atoms with Gasteiger partial charge in [-0.3, -0.25) is 14.7 Å². The molecule has 142 valence electrons. The normalized spacial score (nSPS) is 36.7. The Bertz CT molecular complexity index is 841. The van der Waals surface area contributed by atoms with Crippen LogP contribution in [0.25, 0.3) is 5.57 Å². The number of rotatable bonds is 2. The van der Waals surface area contributed by atoms with Crippen LogP contribution in [0.15, 0.2) is 48.0 Å². The van der Waals surface area contributed by atoms with Gasteiger partial charge in [0, 0.05) is 30.3 Å². The first-order valence-corrected chi connectivity index (χ1v) is 9.82.